The van der Waals surface area contributed by atoms with Gasteiger partial charge in [0.05, 0.1) is 13.2 Å². The van der Waals surface area contributed by atoms with Crippen LogP contribution in [0.25, 0.3) is 4.85 Å². The third-order valence-corrected chi connectivity index (χ3v) is 9.84. The van der Waals surface area contributed by atoms with Crippen LogP contribution in [0, 0.1) is 6.57 Å². The Morgan fingerprint density at radius 2 is 1.58 bits per heavy atom. The lowest BCUT2D eigenvalue weighted by Gasteiger charge is -2.36. The highest BCUT2D eigenvalue weighted by molar-refractivity contribution is 7.46. The molecular weight excluding hydrogens is 337 g/mol. The van der Waals surface area contributed by atoms with Gasteiger partial charge in [-0.1, -0.05) is 45.0 Å². The fourth-order valence-corrected chi connectivity index (χ4v) is 3.33. The Labute approximate surface area is 149 Å². The standard InChI is InChI=1S/C18H30NO3PSi/c1-18(2,3)24(6,7)22-15-17-10-8-16(9-11-17)14-21-23(5)20-13-12-19-4/h8-11H,12-15H2,1-3,5-7H3. The molecule has 0 aliphatic heterocycles. The molecular formula is C18H30NO3PSi. The summed E-state index contributed by atoms with van der Waals surface area (Å²) in [5.41, 5.74) is 2.31. The third kappa shape index (κ3) is 7.42. The minimum absolute atomic E-state index is 0.228. The molecule has 0 N–H and O–H groups in total. The molecule has 0 amide bonds. The summed E-state index contributed by atoms with van der Waals surface area (Å²) in [5.74, 6) is 0. The molecule has 6 heteroatoms. The van der Waals surface area contributed by atoms with Gasteiger partial charge < -0.3 is 18.3 Å². The predicted molar refractivity (Wildman–Crippen MR) is 103 cm³/mol. The molecule has 0 heterocycles. The van der Waals surface area contributed by atoms with Gasteiger partial charge in [0, 0.05) is 6.66 Å². The zero-order valence-electron chi connectivity index (χ0n) is 15.8. The maximum Gasteiger partial charge on any atom is 0.238 e. The van der Waals surface area contributed by atoms with Gasteiger partial charge in [-0.2, -0.15) is 0 Å². The molecule has 0 aliphatic rings. The van der Waals surface area contributed by atoms with E-state index in [1.54, 1.807) is 0 Å². The molecule has 0 aliphatic carbocycles. The lowest BCUT2D eigenvalue weighted by molar-refractivity contribution is 0.253. The van der Waals surface area contributed by atoms with Crippen molar-refractivity contribution in [2.45, 2.75) is 52.1 Å². The normalized spacial score (nSPS) is 13.5. The Hall–Kier alpha value is -0.763. The van der Waals surface area contributed by atoms with E-state index in [0.717, 1.165) is 5.56 Å². The van der Waals surface area contributed by atoms with Gasteiger partial charge in [0.2, 0.25) is 6.54 Å². The maximum atomic E-state index is 6.71. The van der Waals surface area contributed by atoms with Crippen molar-refractivity contribution in [2.75, 3.05) is 19.8 Å². The van der Waals surface area contributed by atoms with Gasteiger partial charge in [-0.3, -0.25) is 0 Å². The predicted octanol–water partition coefficient (Wildman–Crippen LogP) is 5.60. The SMILES string of the molecule is [C-]#[N+]CCOP(C)OCc1ccc(CO[Si](C)(C)C(C)(C)C)cc1. The second kappa shape index (κ2) is 9.65. The van der Waals surface area contributed by atoms with E-state index in [1.165, 1.54) is 5.56 Å². The molecule has 0 aromatic heterocycles. The molecule has 0 fully saturated rings. The molecule has 1 atom stereocenters. The van der Waals surface area contributed by atoms with Gasteiger partial charge >= 0.3 is 0 Å². The zero-order valence-corrected chi connectivity index (χ0v) is 17.7. The van der Waals surface area contributed by atoms with Gasteiger partial charge in [-0.15, -0.1) is 0 Å². The number of hydrogen-bond donors (Lipinski definition) is 0. The van der Waals surface area contributed by atoms with E-state index in [0.29, 0.717) is 26.4 Å². The molecule has 0 radical (unpaired) electrons. The highest BCUT2D eigenvalue weighted by atomic mass is 31.2. The van der Waals surface area contributed by atoms with Gasteiger partial charge in [-0.05, 0) is 29.3 Å². The monoisotopic (exact) mass is 367 g/mol. The topological polar surface area (TPSA) is 32.0 Å². The fraction of sp³-hybridized carbons (Fsp3) is 0.611. The summed E-state index contributed by atoms with van der Waals surface area (Å²) in [4.78, 5) is 3.26. The van der Waals surface area contributed by atoms with Gasteiger partial charge in [-0.25, -0.2) is 6.57 Å². The Bertz CT molecular complexity index is 535. The Morgan fingerprint density at radius 1 is 1.04 bits per heavy atom. The molecule has 24 heavy (non-hydrogen) atoms. The Morgan fingerprint density at radius 3 is 2.08 bits per heavy atom. The molecule has 0 saturated carbocycles. The van der Waals surface area contributed by atoms with Crippen LogP contribution in [0.15, 0.2) is 24.3 Å². The van der Waals surface area contributed by atoms with Crippen LogP contribution in [0.4, 0.5) is 0 Å². The van der Waals surface area contributed by atoms with E-state index in [9.17, 15) is 0 Å². The van der Waals surface area contributed by atoms with Crippen LogP contribution in [0.1, 0.15) is 31.9 Å². The van der Waals surface area contributed by atoms with Crippen LogP contribution in [-0.2, 0) is 26.7 Å². The first-order chi connectivity index (χ1) is 11.2. The molecule has 1 aromatic rings. The lowest BCUT2D eigenvalue weighted by Crippen LogP contribution is -2.40. The van der Waals surface area contributed by atoms with Crippen molar-refractivity contribution in [3.8, 4) is 0 Å². The van der Waals surface area contributed by atoms with E-state index in [1.807, 2.05) is 6.66 Å². The quantitative estimate of drug-likeness (QED) is 0.246. The summed E-state index contributed by atoms with van der Waals surface area (Å²) in [6.07, 6.45) is 0. The van der Waals surface area contributed by atoms with Crippen LogP contribution in [0.5, 0.6) is 0 Å². The molecule has 134 valence electrons. The van der Waals surface area contributed by atoms with Crippen LogP contribution < -0.4 is 0 Å². The second-order valence-electron chi connectivity index (χ2n) is 7.29. The second-order valence-corrected chi connectivity index (χ2v) is 13.5. The van der Waals surface area contributed by atoms with Crippen molar-refractivity contribution >= 4 is 16.7 Å². The minimum atomic E-state index is -1.71. The van der Waals surface area contributed by atoms with E-state index in [-0.39, 0.29) is 5.04 Å². The van der Waals surface area contributed by atoms with Crippen molar-refractivity contribution in [1.29, 1.82) is 0 Å². The largest absolute Gasteiger partial charge is 0.413 e. The fourth-order valence-electron chi connectivity index (χ4n) is 1.63. The first-order valence-corrected chi connectivity index (χ1v) is 12.7. The minimum Gasteiger partial charge on any atom is -0.413 e. The number of rotatable bonds is 9. The van der Waals surface area contributed by atoms with Crippen molar-refractivity contribution in [3.05, 3.63) is 46.8 Å². The summed E-state index contributed by atoms with van der Waals surface area (Å²) in [6, 6.07) is 8.35. The third-order valence-electron chi connectivity index (χ3n) is 4.32. The van der Waals surface area contributed by atoms with Crippen LogP contribution in [-0.4, -0.2) is 28.1 Å². The van der Waals surface area contributed by atoms with E-state index >= 15 is 0 Å². The molecule has 1 aromatic carbocycles. The van der Waals surface area contributed by atoms with E-state index in [2.05, 4.69) is 63.0 Å². The van der Waals surface area contributed by atoms with E-state index in [4.69, 9.17) is 20.0 Å². The summed E-state index contributed by atoms with van der Waals surface area (Å²) in [5, 5.41) is 0.228. The van der Waals surface area contributed by atoms with Crippen molar-refractivity contribution < 1.29 is 13.5 Å². The zero-order chi connectivity index (χ0) is 18.2. The number of hydrogen-bond acceptors (Lipinski definition) is 3. The first kappa shape index (κ1) is 21.3. The number of nitrogens with zero attached hydrogens (tertiary/aromatic N) is 1. The summed E-state index contributed by atoms with van der Waals surface area (Å²) < 4.78 is 17.4. The molecule has 4 nitrogen and oxygen atoms in total. The molecule has 0 saturated heterocycles. The molecule has 0 spiro atoms. The van der Waals surface area contributed by atoms with Crippen LogP contribution in [0.2, 0.25) is 18.1 Å². The maximum absolute atomic E-state index is 6.71. The lowest BCUT2D eigenvalue weighted by atomic mass is 10.1. The van der Waals surface area contributed by atoms with Crippen molar-refractivity contribution in [1.82, 2.24) is 0 Å². The Kier molecular flexibility index (Phi) is 8.56. The van der Waals surface area contributed by atoms with Gasteiger partial charge in [0.25, 0.3) is 0 Å². The van der Waals surface area contributed by atoms with Crippen molar-refractivity contribution in [3.63, 3.8) is 0 Å². The first-order valence-electron chi connectivity index (χ1n) is 8.20. The average molecular weight is 368 g/mol. The molecule has 0 bridgehead atoms. The highest BCUT2D eigenvalue weighted by Gasteiger charge is 2.36. The highest BCUT2D eigenvalue weighted by Crippen LogP contribution is 2.37. The summed E-state index contributed by atoms with van der Waals surface area (Å²) in [7, 11) is -2.63. The summed E-state index contributed by atoms with van der Waals surface area (Å²) in [6.45, 7) is 22.0. The molecule has 1 rings (SSSR count). The van der Waals surface area contributed by atoms with Crippen LogP contribution >= 0.6 is 8.38 Å². The van der Waals surface area contributed by atoms with Crippen LogP contribution in [0.3, 0.4) is 0 Å². The van der Waals surface area contributed by atoms with Gasteiger partial charge in [0.15, 0.2) is 16.7 Å². The van der Waals surface area contributed by atoms with Gasteiger partial charge in [0.1, 0.15) is 6.61 Å². The average Bonchev–Trinajstić information content (AvgIpc) is 2.51. The molecule has 1 unspecified atom stereocenters. The van der Waals surface area contributed by atoms with E-state index < -0.39 is 16.7 Å². The smallest absolute Gasteiger partial charge is 0.238 e. The van der Waals surface area contributed by atoms with Crippen molar-refractivity contribution in [2.24, 2.45) is 0 Å². The number of benzene rings is 1. The summed E-state index contributed by atoms with van der Waals surface area (Å²) >= 11 is 0. The Balaban J connectivity index is 2.42.